The topological polar surface area (TPSA) is 68.5 Å². The van der Waals surface area contributed by atoms with Crippen molar-refractivity contribution in [2.24, 2.45) is 0 Å². The number of thiophene rings is 1. The van der Waals surface area contributed by atoms with E-state index in [2.05, 4.69) is 0 Å². The molecule has 3 aromatic rings. The molecule has 0 unspecified atom stereocenters. The number of esters is 1. The van der Waals surface area contributed by atoms with Gasteiger partial charge in [0.1, 0.15) is 0 Å². The fourth-order valence-corrected chi connectivity index (χ4v) is 4.20. The summed E-state index contributed by atoms with van der Waals surface area (Å²) >= 11 is 1.30. The largest absolute Gasteiger partial charge is 0.505 e. The quantitative estimate of drug-likeness (QED) is 0.490. The second-order valence-electron chi connectivity index (χ2n) is 5.50. The molecule has 0 aliphatic heterocycles. The van der Waals surface area contributed by atoms with Crippen LogP contribution in [0.3, 0.4) is 0 Å². The maximum Gasteiger partial charge on any atom is 0.308 e. The van der Waals surface area contributed by atoms with Crippen LogP contribution in [-0.2, 0) is 4.79 Å². The van der Waals surface area contributed by atoms with Crippen molar-refractivity contribution in [3.63, 3.8) is 0 Å². The summed E-state index contributed by atoms with van der Waals surface area (Å²) < 4.78 is 45.4. The smallest absolute Gasteiger partial charge is 0.308 e. The van der Waals surface area contributed by atoms with E-state index in [0.29, 0.717) is 11.8 Å². The average Bonchev–Trinajstić information content (AvgIpc) is 3.11. The maximum absolute atomic E-state index is 13.9. The molecule has 10 heteroatoms. The molecule has 0 spiro atoms. The third-order valence-electron chi connectivity index (χ3n) is 3.69. The third kappa shape index (κ3) is 3.67. The summed E-state index contributed by atoms with van der Waals surface area (Å²) in [5.74, 6) is -5.47. The predicted octanol–water partition coefficient (Wildman–Crippen LogP) is 4.78. The standard InChI is InChI=1S/C17H12F3NO4S2/c1-7-15(25-8(2)22)10-4-13(23)11(18)5-12(10)21(7)16(24)9-3-14(26-6-9)27-17(19)20/h3-6,17,23H,1-2H3. The number of hydrogen-bond donors (Lipinski definition) is 1. The zero-order valence-corrected chi connectivity index (χ0v) is 15.6. The molecule has 0 fully saturated rings. The number of phenols is 1. The molecule has 0 aliphatic rings. The highest BCUT2D eigenvalue weighted by atomic mass is 32.2. The summed E-state index contributed by atoms with van der Waals surface area (Å²) in [4.78, 5) is 24.3. The first-order valence-electron chi connectivity index (χ1n) is 7.49. The van der Waals surface area contributed by atoms with Gasteiger partial charge in [0.05, 0.1) is 21.0 Å². The number of aromatic hydroxyl groups is 1. The Balaban J connectivity index is 2.16. The van der Waals surface area contributed by atoms with Gasteiger partial charge in [-0.3, -0.25) is 14.2 Å². The van der Waals surface area contributed by atoms with Gasteiger partial charge in [0.15, 0.2) is 17.3 Å². The number of thioether (sulfide) groups is 1. The monoisotopic (exact) mass is 415 g/mol. The number of alkyl halides is 2. The molecule has 3 rings (SSSR count). The number of phenolic OH excluding ortho intramolecular Hbond substituents is 1. The fraction of sp³-hybridized carbons (Fsp3) is 0.176. The molecule has 2 aromatic heterocycles. The number of benzene rings is 1. The molecule has 0 atom stereocenters. The highest BCUT2D eigenvalue weighted by molar-refractivity contribution is 8.01. The van der Waals surface area contributed by atoms with Gasteiger partial charge in [-0.2, -0.15) is 8.78 Å². The molecular formula is C17H12F3NO4S2. The van der Waals surface area contributed by atoms with Gasteiger partial charge in [0.25, 0.3) is 11.7 Å². The molecule has 0 saturated heterocycles. The summed E-state index contributed by atoms with van der Waals surface area (Å²) in [5.41, 5.74) is 0.425. The zero-order valence-electron chi connectivity index (χ0n) is 14.0. The van der Waals surface area contributed by atoms with Gasteiger partial charge in [0.2, 0.25) is 0 Å². The van der Waals surface area contributed by atoms with Crippen LogP contribution in [0.4, 0.5) is 13.2 Å². The van der Waals surface area contributed by atoms with Crippen LogP contribution in [0.15, 0.2) is 27.8 Å². The summed E-state index contributed by atoms with van der Waals surface area (Å²) in [7, 11) is 0. The lowest BCUT2D eigenvalue weighted by Crippen LogP contribution is -2.13. The molecule has 0 bridgehead atoms. The molecule has 142 valence electrons. The Morgan fingerprint density at radius 3 is 2.63 bits per heavy atom. The Hall–Kier alpha value is -2.46. The van der Waals surface area contributed by atoms with E-state index in [1.54, 1.807) is 0 Å². The predicted molar refractivity (Wildman–Crippen MR) is 95.5 cm³/mol. The molecule has 2 heterocycles. The lowest BCUT2D eigenvalue weighted by Gasteiger charge is -2.06. The van der Waals surface area contributed by atoms with Crippen molar-refractivity contribution >= 4 is 45.9 Å². The Bertz CT molecular complexity index is 1060. The van der Waals surface area contributed by atoms with Crippen molar-refractivity contribution in [1.29, 1.82) is 0 Å². The van der Waals surface area contributed by atoms with Gasteiger partial charge in [-0.15, -0.1) is 11.3 Å². The van der Waals surface area contributed by atoms with Crippen LogP contribution >= 0.6 is 23.1 Å². The SMILES string of the molecule is CC(=O)Oc1c(C)n(C(=O)c2csc(SC(F)F)c2)c2cc(F)c(O)cc12. The van der Waals surface area contributed by atoms with Gasteiger partial charge in [0, 0.05) is 23.8 Å². The van der Waals surface area contributed by atoms with Crippen molar-refractivity contribution in [3.8, 4) is 11.5 Å². The molecule has 1 aromatic carbocycles. The Morgan fingerprint density at radius 1 is 1.30 bits per heavy atom. The molecular weight excluding hydrogens is 403 g/mol. The number of hydrogen-bond acceptors (Lipinski definition) is 6. The highest BCUT2D eigenvalue weighted by Crippen LogP contribution is 2.38. The molecule has 0 aliphatic carbocycles. The number of carbonyl (C=O) groups is 2. The summed E-state index contributed by atoms with van der Waals surface area (Å²) in [6, 6.07) is 3.33. The normalized spacial score (nSPS) is 11.3. The van der Waals surface area contributed by atoms with E-state index in [1.165, 1.54) is 25.3 Å². The van der Waals surface area contributed by atoms with Crippen molar-refractivity contribution in [2.75, 3.05) is 0 Å². The van der Waals surface area contributed by atoms with Crippen molar-refractivity contribution in [2.45, 2.75) is 23.8 Å². The van der Waals surface area contributed by atoms with Crippen molar-refractivity contribution < 1.29 is 32.6 Å². The zero-order chi connectivity index (χ0) is 19.9. The van der Waals surface area contributed by atoms with Crippen LogP contribution in [0.5, 0.6) is 11.5 Å². The Kier molecular flexibility index (Phi) is 5.20. The third-order valence-corrected chi connectivity index (χ3v) is 5.52. The lowest BCUT2D eigenvalue weighted by molar-refractivity contribution is -0.131. The number of fused-ring (bicyclic) bond motifs is 1. The Labute approximate surface area is 159 Å². The second kappa shape index (κ2) is 7.28. The highest BCUT2D eigenvalue weighted by Gasteiger charge is 2.24. The Morgan fingerprint density at radius 2 is 2.00 bits per heavy atom. The van der Waals surface area contributed by atoms with E-state index in [4.69, 9.17) is 4.74 Å². The van der Waals surface area contributed by atoms with Gasteiger partial charge in [-0.05, 0) is 30.8 Å². The number of ether oxygens (including phenoxy) is 1. The summed E-state index contributed by atoms with van der Waals surface area (Å²) in [6.45, 7) is 2.66. The first-order valence-corrected chi connectivity index (χ1v) is 9.25. The minimum Gasteiger partial charge on any atom is -0.505 e. The van der Waals surface area contributed by atoms with E-state index < -0.39 is 29.2 Å². The van der Waals surface area contributed by atoms with Crippen molar-refractivity contribution in [3.05, 3.63) is 40.7 Å². The van der Waals surface area contributed by atoms with E-state index in [0.717, 1.165) is 28.0 Å². The number of aromatic nitrogens is 1. The van der Waals surface area contributed by atoms with Crippen LogP contribution in [0.25, 0.3) is 10.9 Å². The van der Waals surface area contributed by atoms with E-state index in [1.807, 2.05) is 0 Å². The first-order chi connectivity index (χ1) is 12.7. The maximum atomic E-state index is 13.9. The van der Waals surface area contributed by atoms with Gasteiger partial charge in [-0.25, -0.2) is 4.39 Å². The molecule has 27 heavy (non-hydrogen) atoms. The average molecular weight is 415 g/mol. The van der Waals surface area contributed by atoms with Crippen LogP contribution in [0, 0.1) is 12.7 Å². The van der Waals surface area contributed by atoms with Crippen LogP contribution in [0.2, 0.25) is 0 Å². The molecule has 0 amide bonds. The minimum atomic E-state index is -2.62. The van der Waals surface area contributed by atoms with E-state index in [9.17, 15) is 27.9 Å². The van der Waals surface area contributed by atoms with E-state index >= 15 is 0 Å². The fourth-order valence-electron chi connectivity index (χ4n) is 2.64. The van der Waals surface area contributed by atoms with Crippen LogP contribution in [-0.4, -0.2) is 27.3 Å². The lowest BCUT2D eigenvalue weighted by atomic mass is 10.2. The molecule has 0 saturated carbocycles. The number of halogens is 3. The molecule has 0 radical (unpaired) electrons. The second-order valence-corrected chi connectivity index (χ2v) is 7.70. The minimum absolute atomic E-state index is 0.0126. The van der Waals surface area contributed by atoms with Crippen molar-refractivity contribution in [1.82, 2.24) is 4.57 Å². The van der Waals surface area contributed by atoms with Gasteiger partial charge < -0.3 is 9.84 Å². The number of carbonyl (C=O) groups excluding carboxylic acids is 2. The van der Waals surface area contributed by atoms with Crippen LogP contribution < -0.4 is 4.74 Å². The number of rotatable bonds is 4. The van der Waals surface area contributed by atoms with Gasteiger partial charge in [-0.1, -0.05) is 0 Å². The first kappa shape index (κ1) is 19.3. The van der Waals surface area contributed by atoms with Crippen LogP contribution in [0.1, 0.15) is 23.0 Å². The molecule has 5 nitrogen and oxygen atoms in total. The summed E-state index contributed by atoms with van der Waals surface area (Å²) in [5, 5.41) is 11.2. The summed E-state index contributed by atoms with van der Waals surface area (Å²) in [6.07, 6.45) is 0. The molecule has 1 N–H and O–H groups in total. The van der Waals surface area contributed by atoms with E-state index in [-0.39, 0.29) is 32.1 Å². The number of nitrogens with zero attached hydrogens (tertiary/aromatic N) is 1. The van der Waals surface area contributed by atoms with Gasteiger partial charge >= 0.3 is 5.97 Å².